The van der Waals surface area contributed by atoms with Gasteiger partial charge >= 0.3 is 0 Å². The maximum Gasteiger partial charge on any atom is 0.252 e. The van der Waals surface area contributed by atoms with Gasteiger partial charge in [-0.15, -0.1) is 11.8 Å². The van der Waals surface area contributed by atoms with E-state index in [1.807, 2.05) is 59.3 Å². The summed E-state index contributed by atoms with van der Waals surface area (Å²) < 4.78 is 2.02. The molecule has 4 rings (SSSR count). The van der Waals surface area contributed by atoms with E-state index in [1.165, 1.54) is 0 Å². The zero-order valence-electron chi connectivity index (χ0n) is 16.2. The Morgan fingerprint density at radius 2 is 1.96 bits per heavy atom. The molecule has 1 aliphatic rings. The van der Waals surface area contributed by atoms with Crippen molar-refractivity contribution in [1.29, 1.82) is 0 Å². The highest BCUT2D eigenvalue weighted by atomic mass is 32.2. The molecule has 3 aromatic rings. The number of thioether (sulfide) groups is 1. The molecule has 0 bridgehead atoms. The smallest absolute Gasteiger partial charge is 0.252 e. The van der Waals surface area contributed by atoms with E-state index in [0.29, 0.717) is 5.92 Å². The molecule has 2 aromatic heterocycles. The lowest BCUT2D eigenvalue weighted by molar-refractivity contribution is 0.0936. The van der Waals surface area contributed by atoms with Gasteiger partial charge in [0, 0.05) is 29.6 Å². The normalized spacial score (nSPS) is 15.8. The van der Waals surface area contributed by atoms with Crippen LogP contribution in [0.3, 0.4) is 0 Å². The molecule has 0 spiro atoms. The lowest BCUT2D eigenvalue weighted by Crippen LogP contribution is -2.37. The summed E-state index contributed by atoms with van der Waals surface area (Å²) in [5, 5.41) is 3.15. The number of nitrogens with zero attached hydrogens (tertiary/aromatic N) is 3. The van der Waals surface area contributed by atoms with E-state index in [4.69, 9.17) is 0 Å². The van der Waals surface area contributed by atoms with Crippen LogP contribution in [-0.2, 0) is 5.75 Å². The average Bonchev–Trinajstić information content (AvgIpc) is 3.15. The summed E-state index contributed by atoms with van der Waals surface area (Å²) >= 11 is 1.66. The van der Waals surface area contributed by atoms with Crippen molar-refractivity contribution in [3.8, 4) is 0 Å². The molecule has 28 heavy (non-hydrogen) atoms. The fourth-order valence-corrected chi connectivity index (χ4v) is 4.52. The topological polar surface area (TPSA) is 49.6 Å². The zero-order valence-corrected chi connectivity index (χ0v) is 17.0. The van der Waals surface area contributed by atoms with Gasteiger partial charge in [0.1, 0.15) is 5.65 Å². The van der Waals surface area contributed by atoms with Gasteiger partial charge < -0.3 is 14.6 Å². The van der Waals surface area contributed by atoms with Gasteiger partial charge in [-0.05, 0) is 63.2 Å². The molecule has 146 valence electrons. The number of carbonyl (C=O) groups is 1. The number of piperidine rings is 1. The Labute approximate surface area is 170 Å². The largest absolute Gasteiger partial charge is 0.352 e. The summed E-state index contributed by atoms with van der Waals surface area (Å²) in [5.74, 6) is 1.34. The maximum atomic E-state index is 12.8. The molecule has 6 heteroatoms. The van der Waals surface area contributed by atoms with E-state index >= 15 is 0 Å². The summed E-state index contributed by atoms with van der Waals surface area (Å²) in [5.41, 5.74) is 2.71. The van der Waals surface area contributed by atoms with Gasteiger partial charge in [0.05, 0.1) is 11.3 Å². The van der Waals surface area contributed by atoms with Gasteiger partial charge in [0.15, 0.2) is 0 Å². The Morgan fingerprint density at radius 1 is 1.18 bits per heavy atom. The van der Waals surface area contributed by atoms with Crippen LogP contribution in [0.1, 0.15) is 28.9 Å². The third kappa shape index (κ3) is 4.56. The molecule has 1 fully saturated rings. The SMILES string of the molecule is CN1CCC(CNC(=O)c2ccccc2SCc2cn3ccccc3n2)CC1. The number of likely N-dealkylation sites (tertiary alicyclic amines) is 1. The fourth-order valence-electron chi connectivity index (χ4n) is 3.59. The first-order chi connectivity index (χ1) is 13.7. The van der Waals surface area contributed by atoms with E-state index < -0.39 is 0 Å². The van der Waals surface area contributed by atoms with Crippen LogP contribution in [0.5, 0.6) is 0 Å². The minimum Gasteiger partial charge on any atom is -0.352 e. The number of nitrogens with one attached hydrogen (secondary N) is 1. The molecule has 1 N–H and O–H groups in total. The minimum absolute atomic E-state index is 0.0250. The monoisotopic (exact) mass is 394 g/mol. The van der Waals surface area contributed by atoms with Crippen molar-refractivity contribution in [3.05, 3.63) is 66.1 Å². The number of aromatic nitrogens is 2. The third-order valence-corrected chi connectivity index (χ3v) is 6.42. The second kappa shape index (κ2) is 8.80. The number of pyridine rings is 1. The Balaban J connectivity index is 1.37. The molecule has 0 atom stereocenters. The lowest BCUT2D eigenvalue weighted by Gasteiger charge is -2.29. The molecular formula is C22H26N4OS. The van der Waals surface area contributed by atoms with Gasteiger partial charge in [0.2, 0.25) is 0 Å². The van der Waals surface area contributed by atoms with Gasteiger partial charge in [-0.2, -0.15) is 0 Å². The third-order valence-electron chi connectivity index (χ3n) is 5.31. The highest BCUT2D eigenvalue weighted by Crippen LogP contribution is 2.26. The summed E-state index contributed by atoms with van der Waals surface area (Å²) in [7, 11) is 2.16. The molecule has 5 nitrogen and oxygen atoms in total. The van der Waals surface area contributed by atoms with Crippen LogP contribution in [0, 0.1) is 5.92 Å². The Bertz CT molecular complexity index is 913. The molecule has 1 aromatic carbocycles. The van der Waals surface area contributed by atoms with E-state index in [1.54, 1.807) is 11.8 Å². The molecule has 0 unspecified atom stereocenters. The summed E-state index contributed by atoms with van der Waals surface area (Å²) in [6.45, 7) is 3.00. The van der Waals surface area contributed by atoms with E-state index in [9.17, 15) is 4.79 Å². The molecule has 0 radical (unpaired) electrons. The first-order valence-electron chi connectivity index (χ1n) is 9.80. The number of benzene rings is 1. The first-order valence-corrected chi connectivity index (χ1v) is 10.8. The predicted molar refractivity (Wildman–Crippen MR) is 114 cm³/mol. The zero-order chi connectivity index (χ0) is 19.3. The number of rotatable bonds is 6. The lowest BCUT2D eigenvalue weighted by atomic mass is 9.97. The number of amides is 1. The number of carbonyl (C=O) groups excluding carboxylic acids is 1. The number of imidazole rings is 1. The van der Waals surface area contributed by atoms with Gasteiger partial charge in [-0.25, -0.2) is 4.98 Å². The summed E-state index contributed by atoms with van der Waals surface area (Å²) in [4.78, 5) is 20.8. The Morgan fingerprint density at radius 3 is 2.79 bits per heavy atom. The minimum atomic E-state index is 0.0250. The van der Waals surface area contributed by atoms with Crippen molar-refractivity contribution in [2.75, 3.05) is 26.7 Å². The first kappa shape index (κ1) is 19.0. The highest BCUT2D eigenvalue weighted by Gasteiger charge is 2.18. The second-order valence-electron chi connectivity index (χ2n) is 7.44. The maximum absolute atomic E-state index is 12.8. The van der Waals surface area contributed by atoms with Crippen molar-refractivity contribution in [1.82, 2.24) is 19.6 Å². The quantitative estimate of drug-likeness (QED) is 0.648. The van der Waals surface area contributed by atoms with Crippen LogP contribution >= 0.6 is 11.8 Å². The predicted octanol–water partition coefficient (Wildman–Crippen LogP) is 3.70. The molecule has 1 aliphatic heterocycles. The van der Waals surface area contributed by atoms with Gasteiger partial charge in [-0.3, -0.25) is 4.79 Å². The summed E-state index contributed by atoms with van der Waals surface area (Å²) in [6, 6.07) is 13.8. The highest BCUT2D eigenvalue weighted by molar-refractivity contribution is 7.98. The molecule has 0 aliphatic carbocycles. The molecule has 1 saturated heterocycles. The molecular weight excluding hydrogens is 368 g/mol. The van der Waals surface area contributed by atoms with Crippen LogP contribution in [0.15, 0.2) is 59.8 Å². The van der Waals surface area contributed by atoms with Crippen molar-refractivity contribution in [2.24, 2.45) is 5.92 Å². The second-order valence-corrected chi connectivity index (χ2v) is 8.46. The van der Waals surface area contributed by atoms with Crippen molar-refractivity contribution < 1.29 is 4.79 Å². The van der Waals surface area contributed by atoms with E-state index in [-0.39, 0.29) is 5.91 Å². The summed E-state index contributed by atoms with van der Waals surface area (Å²) in [6.07, 6.45) is 6.36. The Hall–Kier alpha value is -2.31. The van der Waals surface area contributed by atoms with Crippen LogP contribution in [0.4, 0.5) is 0 Å². The number of hydrogen-bond donors (Lipinski definition) is 1. The molecule has 3 heterocycles. The fraction of sp³-hybridized carbons (Fsp3) is 0.364. The standard InChI is InChI=1S/C22H26N4OS/c1-25-12-9-17(10-13-25)14-23-22(27)19-6-2-3-7-20(19)28-16-18-15-26-11-5-4-8-21(26)24-18/h2-8,11,15,17H,9-10,12-14,16H2,1H3,(H,23,27). The average molecular weight is 395 g/mol. The molecule has 1 amide bonds. The van der Waals surface area contributed by atoms with Crippen molar-refractivity contribution in [2.45, 2.75) is 23.5 Å². The van der Waals surface area contributed by atoms with Gasteiger partial charge in [0.25, 0.3) is 5.91 Å². The van der Waals surface area contributed by atoms with Crippen LogP contribution in [0.2, 0.25) is 0 Å². The number of hydrogen-bond acceptors (Lipinski definition) is 4. The van der Waals surface area contributed by atoms with Crippen LogP contribution < -0.4 is 5.32 Å². The molecule has 0 saturated carbocycles. The van der Waals surface area contributed by atoms with Gasteiger partial charge in [-0.1, -0.05) is 18.2 Å². The number of fused-ring (bicyclic) bond motifs is 1. The van der Waals surface area contributed by atoms with Crippen LogP contribution in [-0.4, -0.2) is 46.9 Å². The van der Waals surface area contributed by atoms with Crippen LogP contribution in [0.25, 0.3) is 5.65 Å². The van der Waals surface area contributed by atoms with Crippen molar-refractivity contribution in [3.63, 3.8) is 0 Å². The van der Waals surface area contributed by atoms with E-state index in [0.717, 1.165) is 60.0 Å². The van der Waals surface area contributed by atoms with E-state index in [2.05, 4.69) is 22.2 Å². The Kier molecular flexibility index (Phi) is 5.98. The van der Waals surface area contributed by atoms with Crippen molar-refractivity contribution >= 4 is 23.3 Å².